The van der Waals surface area contributed by atoms with Gasteiger partial charge in [0, 0.05) is 11.8 Å². The van der Waals surface area contributed by atoms with Crippen LogP contribution in [0.25, 0.3) is 0 Å². The first-order valence-corrected chi connectivity index (χ1v) is 5.62. The van der Waals surface area contributed by atoms with E-state index in [0.29, 0.717) is 47.1 Å². The van der Waals surface area contributed by atoms with Crippen molar-refractivity contribution in [1.82, 2.24) is 0 Å². The van der Waals surface area contributed by atoms with E-state index in [1.165, 1.54) is 6.42 Å². The molecule has 76 valence electrons. The van der Waals surface area contributed by atoms with Crippen molar-refractivity contribution in [3.8, 4) is 0 Å². The van der Waals surface area contributed by atoms with Crippen LogP contribution in [0.2, 0.25) is 0 Å². The predicted molar refractivity (Wildman–Crippen MR) is 51.5 cm³/mol. The van der Waals surface area contributed by atoms with Gasteiger partial charge >= 0.3 is 0 Å². The van der Waals surface area contributed by atoms with Crippen molar-refractivity contribution in [2.45, 2.75) is 26.7 Å². The van der Waals surface area contributed by atoms with Crippen molar-refractivity contribution in [2.75, 3.05) is 0 Å². The van der Waals surface area contributed by atoms with Gasteiger partial charge in [0.05, 0.1) is 0 Å². The normalized spacial score (nSPS) is 53.0. The standard InChI is InChI=1S/C12H16O2/c1-5(13)8-3-7-4-9(8)12-10(6(2)14)11(7)12/h7-12H,3-4H2,1-2H3/t7-,8+,9-,10+,11?,12?/m1/s1. The number of fused-ring (bicyclic) bond motifs is 5. The molecule has 0 aliphatic heterocycles. The minimum absolute atomic E-state index is 0.297. The first-order valence-electron chi connectivity index (χ1n) is 5.62. The predicted octanol–water partition coefficient (Wildman–Crippen LogP) is 1.68. The first kappa shape index (κ1) is 8.63. The van der Waals surface area contributed by atoms with Crippen molar-refractivity contribution in [3.63, 3.8) is 0 Å². The summed E-state index contributed by atoms with van der Waals surface area (Å²) in [5.74, 6) is 3.88. The summed E-state index contributed by atoms with van der Waals surface area (Å²) < 4.78 is 0. The molecular weight excluding hydrogens is 176 g/mol. The van der Waals surface area contributed by atoms with Gasteiger partial charge in [-0.3, -0.25) is 9.59 Å². The number of carbonyl (C=O) groups excluding carboxylic acids is 2. The number of hydrogen-bond acceptors (Lipinski definition) is 2. The van der Waals surface area contributed by atoms with Gasteiger partial charge in [-0.15, -0.1) is 0 Å². The molecule has 3 aliphatic rings. The maximum atomic E-state index is 11.4. The van der Waals surface area contributed by atoms with Crippen molar-refractivity contribution < 1.29 is 9.59 Å². The molecule has 3 saturated carbocycles. The molecule has 3 fully saturated rings. The molecule has 2 nitrogen and oxygen atoms in total. The van der Waals surface area contributed by atoms with E-state index in [1.54, 1.807) is 13.8 Å². The second kappa shape index (κ2) is 2.47. The molecule has 2 unspecified atom stereocenters. The van der Waals surface area contributed by atoms with Crippen LogP contribution < -0.4 is 0 Å². The Morgan fingerprint density at radius 2 is 1.71 bits per heavy atom. The fourth-order valence-corrected chi connectivity index (χ4v) is 4.38. The Labute approximate surface area is 84.1 Å². The van der Waals surface area contributed by atoms with E-state index in [9.17, 15) is 9.59 Å². The lowest BCUT2D eigenvalue weighted by molar-refractivity contribution is -0.123. The van der Waals surface area contributed by atoms with E-state index in [4.69, 9.17) is 0 Å². The summed E-state index contributed by atoms with van der Waals surface area (Å²) in [4.78, 5) is 22.7. The molecule has 0 amide bonds. The van der Waals surface area contributed by atoms with Crippen LogP contribution in [-0.2, 0) is 9.59 Å². The highest BCUT2D eigenvalue weighted by Gasteiger charge is 2.69. The fourth-order valence-electron chi connectivity index (χ4n) is 4.38. The monoisotopic (exact) mass is 192 g/mol. The van der Waals surface area contributed by atoms with Crippen LogP contribution >= 0.6 is 0 Å². The fraction of sp³-hybridized carbons (Fsp3) is 0.833. The summed E-state index contributed by atoms with van der Waals surface area (Å²) in [6.45, 7) is 3.43. The van der Waals surface area contributed by atoms with Gasteiger partial charge in [0.25, 0.3) is 0 Å². The van der Waals surface area contributed by atoms with Gasteiger partial charge in [-0.1, -0.05) is 0 Å². The maximum Gasteiger partial charge on any atom is 0.133 e. The minimum atomic E-state index is 0.297. The third kappa shape index (κ3) is 0.870. The highest BCUT2D eigenvalue weighted by molar-refractivity contribution is 5.84. The highest BCUT2D eigenvalue weighted by atomic mass is 16.1. The van der Waals surface area contributed by atoms with Crippen LogP contribution in [0.3, 0.4) is 0 Å². The van der Waals surface area contributed by atoms with E-state index >= 15 is 0 Å². The summed E-state index contributed by atoms with van der Waals surface area (Å²) in [5.41, 5.74) is 0. The number of hydrogen-bond donors (Lipinski definition) is 0. The summed E-state index contributed by atoms with van der Waals surface area (Å²) in [6, 6.07) is 0. The zero-order chi connectivity index (χ0) is 10.0. The Bertz CT molecular complexity index is 320. The molecule has 0 aromatic rings. The molecule has 0 N–H and O–H groups in total. The summed E-state index contributed by atoms with van der Waals surface area (Å²) in [6.07, 6.45) is 2.30. The lowest BCUT2D eigenvalue weighted by Gasteiger charge is -2.17. The maximum absolute atomic E-state index is 11.4. The van der Waals surface area contributed by atoms with E-state index in [2.05, 4.69) is 0 Å². The van der Waals surface area contributed by atoms with Crippen molar-refractivity contribution in [3.05, 3.63) is 0 Å². The highest BCUT2D eigenvalue weighted by Crippen LogP contribution is 2.71. The lowest BCUT2D eigenvalue weighted by Crippen LogP contribution is -2.20. The number of rotatable bonds is 2. The van der Waals surface area contributed by atoms with Crippen LogP contribution in [0.1, 0.15) is 26.7 Å². The lowest BCUT2D eigenvalue weighted by atomic mass is 9.86. The summed E-state index contributed by atoms with van der Waals surface area (Å²) in [5, 5.41) is 0. The molecular formula is C12H16O2. The van der Waals surface area contributed by atoms with Gasteiger partial charge in [0.1, 0.15) is 11.6 Å². The second-order valence-electron chi connectivity index (χ2n) is 5.40. The summed E-state index contributed by atoms with van der Waals surface area (Å²) >= 11 is 0. The van der Waals surface area contributed by atoms with Gasteiger partial charge < -0.3 is 0 Å². The zero-order valence-corrected chi connectivity index (χ0v) is 8.69. The molecule has 0 aromatic carbocycles. The van der Waals surface area contributed by atoms with E-state index < -0.39 is 0 Å². The van der Waals surface area contributed by atoms with Gasteiger partial charge in [0.2, 0.25) is 0 Å². The molecule has 0 saturated heterocycles. The van der Waals surface area contributed by atoms with Gasteiger partial charge in [-0.2, -0.15) is 0 Å². The molecule has 3 aliphatic carbocycles. The molecule has 3 rings (SSSR count). The Kier molecular flexibility index (Phi) is 1.52. The van der Waals surface area contributed by atoms with E-state index in [1.807, 2.05) is 0 Å². The quantitative estimate of drug-likeness (QED) is 0.667. The zero-order valence-electron chi connectivity index (χ0n) is 8.69. The number of ketones is 2. The van der Waals surface area contributed by atoms with Crippen LogP contribution in [-0.4, -0.2) is 11.6 Å². The first-order chi connectivity index (χ1) is 6.61. The Morgan fingerprint density at radius 3 is 2.29 bits per heavy atom. The topological polar surface area (TPSA) is 34.1 Å². The van der Waals surface area contributed by atoms with Gasteiger partial charge in [0.15, 0.2) is 0 Å². The number of carbonyl (C=O) groups is 2. The molecule has 0 spiro atoms. The van der Waals surface area contributed by atoms with Gasteiger partial charge in [-0.05, 0) is 50.4 Å². The van der Waals surface area contributed by atoms with Crippen LogP contribution in [0.5, 0.6) is 0 Å². The van der Waals surface area contributed by atoms with Crippen molar-refractivity contribution in [1.29, 1.82) is 0 Å². The average molecular weight is 192 g/mol. The second-order valence-corrected chi connectivity index (χ2v) is 5.40. The average Bonchev–Trinajstić information content (AvgIpc) is 2.60. The molecule has 6 atom stereocenters. The smallest absolute Gasteiger partial charge is 0.133 e. The molecule has 0 aromatic heterocycles. The third-order valence-electron chi connectivity index (χ3n) is 4.81. The van der Waals surface area contributed by atoms with Crippen LogP contribution in [0.15, 0.2) is 0 Å². The molecule has 14 heavy (non-hydrogen) atoms. The van der Waals surface area contributed by atoms with E-state index in [-0.39, 0.29) is 0 Å². The van der Waals surface area contributed by atoms with Crippen molar-refractivity contribution in [2.24, 2.45) is 35.5 Å². The van der Waals surface area contributed by atoms with E-state index in [0.717, 1.165) is 6.42 Å². The van der Waals surface area contributed by atoms with Crippen molar-refractivity contribution >= 4 is 11.6 Å². The molecule has 0 heterocycles. The molecule has 2 bridgehead atoms. The SMILES string of the molecule is CC(=O)[C@H]1C2C1[C@@H]1C[C@H]2C[C@H]1C(C)=O. The molecule has 2 heteroatoms. The Morgan fingerprint density at radius 1 is 1.00 bits per heavy atom. The van der Waals surface area contributed by atoms with Crippen LogP contribution in [0, 0.1) is 35.5 Å². The summed E-state index contributed by atoms with van der Waals surface area (Å²) in [7, 11) is 0. The number of Topliss-reactive ketones (excluding diaryl/α,β-unsaturated/α-hetero) is 2. The third-order valence-corrected chi connectivity index (χ3v) is 4.81. The molecule has 0 radical (unpaired) electrons. The largest absolute Gasteiger partial charge is 0.300 e. The minimum Gasteiger partial charge on any atom is -0.300 e. The Balaban J connectivity index is 1.82. The van der Waals surface area contributed by atoms with Crippen LogP contribution in [0.4, 0.5) is 0 Å². The Hall–Kier alpha value is -0.660. The van der Waals surface area contributed by atoms with Gasteiger partial charge in [-0.25, -0.2) is 0 Å².